The fourth-order valence-corrected chi connectivity index (χ4v) is 3.02. The topological polar surface area (TPSA) is 23.8 Å². The van der Waals surface area contributed by atoms with E-state index in [1.54, 1.807) is 0 Å². The third-order valence-electron chi connectivity index (χ3n) is 3.73. The predicted octanol–water partition coefficient (Wildman–Crippen LogP) is 7.79. The zero-order valence-electron chi connectivity index (χ0n) is 14.8. The van der Waals surface area contributed by atoms with Crippen molar-refractivity contribution in [2.75, 3.05) is 0 Å². The molecule has 0 saturated carbocycles. The maximum atomic E-state index is 9.87. The summed E-state index contributed by atoms with van der Waals surface area (Å²) in [5, 5.41) is 9.55. The monoisotopic (exact) mass is 447 g/mol. The van der Waals surface area contributed by atoms with Gasteiger partial charge in [0.25, 0.3) is 0 Å². The van der Waals surface area contributed by atoms with E-state index < -0.39 is 7.81 Å². The summed E-state index contributed by atoms with van der Waals surface area (Å²) in [6.07, 6.45) is 0. The van der Waals surface area contributed by atoms with Crippen molar-refractivity contribution >= 4 is 20.4 Å². The molecule has 0 fully saturated rings. The summed E-state index contributed by atoms with van der Waals surface area (Å²) in [4.78, 5) is 0. The van der Waals surface area contributed by atoms with E-state index in [4.69, 9.17) is 0 Å². The van der Waals surface area contributed by atoms with Gasteiger partial charge in [0.15, 0.2) is 0 Å². The van der Waals surface area contributed by atoms with E-state index in [-0.39, 0.29) is 0 Å². The number of rotatable bonds is 3. The molecule has 0 saturated heterocycles. The first-order valence-corrected chi connectivity index (χ1v) is 10.9. The van der Waals surface area contributed by atoms with E-state index in [1.807, 2.05) is 48.5 Å². The Hall–Kier alpha value is -2.49. The molecule has 0 aliphatic carbocycles. The summed E-state index contributed by atoms with van der Waals surface area (Å²) in [5.41, 5.74) is 6.21. The van der Waals surface area contributed by atoms with E-state index >= 15 is 0 Å². The summed E-state index contributed by atoms with van der Waals surface area (Å²) in [5.74, 6) is 0.746. The largest absolute Gasteiger partial charge is 0.192 e. The van der Waals surface area contributed by atoms with Gasteiger partial charge in [0.05, 0.1) is 11.6 Å². The van der Waals surface area contributed by atoms with Crippen LogP contribution in [0.1, 0.15) is 11.1 Å². The Balaban J connectivity index is 0.000000370. The van der Waals surface area contributed by atoms with Crippen LogP contribution in [0.25, 0.3) is 22.3 Å². The summed E-state index contributed by atoms with van der Waals surface area (Å²) < 4.78 is 59.2. The molecular weight excluding hydrogens is 431 g/mol. The van der Waals surface area contributed by atoms with E-state index in [0.717, 1.165) is 28.0 Å². The van der Waals surface area contributed by atoms with E-state index in [2.05, 4.69) is 43.0 Å². The van der Waals surface area contributed by atoms with Crippen molar-refractivity contribution in [1.29, 1.82) is 5.26 Å². The minimum absolute atomic E-state index is 0.703. The minimum Gasteiger partial charge on any atom is -0.192 e. The molecule has 0 heterocycles. The van der Waals surface area contributed by atoms with Gasteiger partial charge in [0, 0.05) is 11.1 Å². The summed E-state index contributed by atoms with van der Waals surface area (Å²) in [6, 6.07) is 26.6. The second kappa shape index (κ2) is 7.74. The summed E-state index contributed by atoms with van der Waals surface area (Å²) >= 11 is 3.63. The molecule has 0 spiro atoms. The quantitative estimate of drug-likeness (QED) is 0.228. The van der Waals surface area contributed by atoms with E-state index in [9.17, 15) is 30.4 Å². The molecule has 0 aromatic heterocycles. The Labute approximate surface area is 169 Å². The van der Waals surface area contributed by atoms with Crippen molar-refractivity contribution in [3.05, 3.63) is 83.9 Å². The third kappa shape index (κ3) is 7.80. The molecule has 0 unspecified atom stereocenters. The van der Waals surface area contributed by atoms with Gasteiger partial charge in [-0.15, -0.1) is 0 Å². The van der Waals surface area contributed by atoms with Gasteiger partial charge in [-0.05, 0) is 35.4 Å². The van der Waals surface area contributed by atoms with Gasteiger partial charge in [-0.2, -0.15) is 5.26 Å². The van der Waals surface area contributed by atoms with Gasteiger partial charge in [-0.25, -0.2) is 0 Å². The Morgan fingerprint density at radius 3 is 1.48 bits per heavy atom. The van der Waals surface area contributed by atoms with Crippen LogP contribution in [-0.2, 0) is 18.4 Å². The van der Waals surface area contributed by atoms with Crippen LogP contribution in [0.5, 0.6) is 0 Å². The molecule has 9 heteroatoms. The second-order valence-corrected chi connectivity index (χ2v) is 8.27. The Morgan fingerprint density at radius 1 is 0.690 bits per heavy atom. The molecule has 29 heavy (non-hydrogen) atoms. The van der Waals surface area contributed by atoms with Crippen LogP contribution in [0, 0.1) is 11.3 Å². The number of hydrogen-bond acceptors (Lipinski definition) is 1. The Kier molecular flexibility index (Phi) is 6.08. The first-order chi connectivity index (χ1) is 13.3. The fourth-order valence-electron chi connectivity index (χ4n) is 2.73. The second-order valence-electron chi connectivity index (χ2n) is 6.00. The first-order valence-electron chi connectivity index (χ1n) is 8.18. The van der Waals surface area contributed by atoms with Crippen LogP contribution < -0.4 is 0 Å². The molecule has 3 aromatic rings. The normalized spacial score (nSPS) is 13.3. The van der Waals surface area contributed by atoms with Crippen molar-refractivity contribution in [2.24, 2.45) is 0 Å². The molecule has 0 atom stereocenters. The maximum Gasteiger partial charge on any atom is 0.129 e. The average Bonchev–Trinajstić information content (AvgIpc) is 2.65. The van der Waals surface area contributed by atoms with Gasteiger partial charge in [0.2, 0.25) is 0 Å². The van der Waals surface area contributed by atoms with Crippen molar-refractivity contribution in [3.8, 4) is 28.3 Å². The molecule has 0 radical (unpaired) electrons. The zero-order valence-corrected chi connectivity index (χ0v) is 16.7. The van der Waals surface area contributed by atoms with Crippen molar-refractivity contribution in [2.45, 2.75) is 5.75 Å². The van der Waals surface area contributed by atoms with Crippen LogP contribution in [0.15, 0.2) is 72.8 Å². The average molecular weight is 447 g/mol. The smallest absolute Gasteiger partial charge is 0.129 e. The van der Waals surface area contributed by atoms with Crippen LogP contribution in [-0.4, -0.2) is 0 Å². The molecule has 0 aliphatic heterocycles. The van der Waals surface area contributed by atoms with Gasteiger partial charge >= 0.3 is 33.0 Å². The summed E-state index contributed by atoms with van der Waals surface area (Å²) in [7, 11) is -10.7. The van der Waals surface area contributed by atoms with Gasteiger partial charge in [0.1, 0.15) is 5.75 Å². The number of halogens is 6. The third-order valence-corrected chi connectivity index (χ3v) is 4.11. The van der Waals surface area contributed by atoms with E-state index in [0.29, 0.717) is 5.56 Å². The molecule has 3 aromatic carbocycles. The molecule has 0 bridgehead atoms. The Bertz CT molecular complexity index is 1020. The van der Waals surface area contributed by atoms with Gasteiger partial charge in [-0.3, -0.25) is 0 Å². The van der Waals surface area contributed by atoms with Crippen LogP contribution in [0.3, 0.4) is 0 Å². The summed E-state index contributed by atoms with van der Waals surface area (Å²) in [6.45, 7) is 0. The van der Waals surface area contributed by atoms with E-state index in [1.165, 1.54) is 5.56 Å². The zero-order chi connectivity index (χ0) is 21.8. The minimum atomic E-state index is -10.7. The molecule has 3 rings (SSSR count). The number of nitriles is 1. The van der Waals surface area contributed by atoms with Gasteiger partial charge in [-0.1, -0.05) is 66.7 Å². The molecule has 0 aliphatic rings. The fraction of sp³-hybridized carbons (Fsp3) is 0.0500. The maximum absolute atomic E-state index is 10.7. The molecule has 0 N–H and O–H groups in total. The molecule has 0 amide bonds. The predicted molar refractivity (Wildman–Crippen MR) is 109 cm³/mol. The Morgan fingerprint density at radius 2 is 1.10 bits per heavy atom. The van der Waals surface area contributed by atoms with Crippen molar-refractivity contribution < 1.29 is 25.2 Å². The molecular formula is C20H16F6NPS. The van der Waals surface area contributed by atoms with Crippen LogP contribution in [0.2, 0.25) is 0 Å². The number of benzene rings is 3. The molecule has 1 nitrogen and oxygen atoms in total. The van der Waals surface area contributed by atoms with Crippen LogP contribution >= 0.6 is 7.81 Å². The first kappa shape index (κ1) is 22.8. The van der Waals surface area contributed by atoms with Crippen molar-refractivity contribution in [1.82, 2.24) is 0 Å². The number of nitrogens with zero attached hydrogens (tertiary/aromatic N) is 1. The molecule has 154 valence electrons. The SMILES string of the molecule is F[P-](F)(F)(F)(F)F.N#Cc1ccc(C[SH2+])c(-c2ccccc2)c1-c1ccccc1. The number of hydrogen-bond donors (Lipinski definition) is 0. The van der Waals surface area contributed by atoms with Crippen molar-refractivity contribution in [3.63, 3.8) is 0 Å². The standard InChI is InChI=1S/C20H15NS.F6P/c21-13-17-11-12-18(14-22)20(16-9-5-2-6-10-16)19(17)15-7-3-1-4-8-15;1-7(2,3,4,5)6/h1-12,22H,14H2;/q;-1/p+1. The van der Waals surface area contributed by atoms with Gasteiger partial charge < -0.3 is 0 Å². The van der Waals surface area contributed by atoms with Crippen LogP contribution in [0.4, 0.5) is 25.2 Å².